The van der Waals surface area contributed by atoms with Crippen molar-refractivity contribution in [1.29, 1.82) is 0 Å². The molecule has 0 aromatic rings. The van der Waals surface area contributed by atoms with Gasteiger partial charge in [-0.2, -0.15) is 0 Å². The second-order valence-corrected chi connectivity index (χ2v) is 11.6. The van der Waals surface area contributed by atoms with Crippen LogP contribution in [0.2, 0.25) is 0 Å². The van der Waals surface area contributed by atoms with Gasteiger partial charge in [0, 0.05) is 5.41 Å². The first-order valence-electron chi connectivity index (χ1n) is 12.0. The molecular formula is C27H48. The minimum atomic E-state index is 0.385. The summed E-state index contributed by atoms with van der Waals surface area (Å²) in [5, 5.41) is 0. The largest absolute Gasteiger partial charge is 0.0710 e. The van der Waals surface area contributed by atoms with Crippen molar-refractivity contribution in [3.63, 3.8) is 0 Å². The van der Waals surface area contributed by atoms with Gasteiger partial charge >= 0.3 is 0 Å². The maximum atomic E-state index is 2.73. The number of rotatable bonds is 12. The first kappa shape index (κ1) is 22.8. The summed E-state index contributed by atoms with van der Waals surface area (Å²) in [6.07, 6.45) is 17.8. The van der Waals surface area contributed by atoms with Gasteiger partial charge in [0.15, 0.2) is 0 Å². The summed E-state index contributed by atoms with van der Waals surface area (Å²) in [5.74, 6) is 3.24. The second kappa shape index (κ2) is 9.32. The van der Waals surface area contributed by atoms with Crippen molar-refractivity contribution in [1.82, 2.24) is 0 Å². The van der Waals surface area contributed by atoms with Crippen LogP contribution in [0.3, 0.4) is 0 Å². The molecule has 2 aliphatic rings. The summed E-state index contributed by atoms with van der Waals surface area (Å²) >= 11 is 0. The summed E-state index contributed by atoms with van der Waals surface area (Å²) < 4.78 is 0. The highest BCUT2D eigenvalue weighted by Gasteiger charge is 2.51. The molecule has 0 aliphatic heterocycles. The molecule has 0 aromatic heterocycles. The lowest BCUT2D eigenvalue weighted by Gasteiger charge is -2.46. The second-order valence-electron chi connectivity index (χ2n) is 11.6. The lowest BCUT2D eigenvalue weighted by atomic mass is 9.58. The molecule has 0 amide bonds. The lowest BCUT2D eigenvalue weighted by Crippen LogP contribution is -2.35. The van der Waals surface area contributed by atoms with Gasteiger partial charge < -0.3 is 0 Å². The van der Waals surface area contributed by atoms with Gasteiger partial charge in [0.2, 0.25) is 0 Å². The molecule has 156 valence electrons. The van der Waals surface area contributed by atoms with Crippen LogP contribution in [0.15, 0.2) is 23.3 Å². The molecule has 2 bridgehead atoms. The molecule has 0 nitrogen and oxygen atoms in total. The number of allylic oxidation sites excluding steroid dienone is 4. The lowest BCUT2D eigenvalue weighted by molar-refractivity contribution is 0.188. The van der Waals surface area contributed by atoms with Crippen LogP contribution in [0.4, 0.5) is 0 Å². The van der Waals surface area contributed by atoms with E-state index >= 15 is 0 Å². The molecule has 0 aromatic carbocycles. The van der Waals surface area contributed by atoms with Crippen LogP contribution in [-0.4, -0.2) is 0 Å². The third-order valence-electron chi connectivity index (χ3n) is 7.18. The van der Waals surface area contributed by atoms with E-state index in [0.29, 0.717) is 10.8 Å². The van der Waals surface area contributed by atoms with Gasteiger partial charge in [0.1, 0.15) is 0 Å². The van der Waals surface area contributed by atoms with Crippen LogP contribution in [0, 0.1) is 34.5 Å². The van der Waals surface area contributed by atoms with Gasteiger partial charge in [-0.25, -0.2) is 0 Å². The Morgan fingerprint density at radius 3 is 1.44 bits per heavy atom. The summed E-state index contributed by atoms with van der Waals surface area (Å²) in [7, 11) is 0. The fraction of sp³-hybridized carbons (Fsp3) is 0.852. The zero-order chi connectivity index (χ0) is 20.2. The predicted octanol–water partition coefficient (Wildman–Crippen LogP) is 8.97. The SMILES string of the molecule is CC(C)CCC1(CCC(C)C)C=C2C=C1C(CCC(C)C)(CCC(C)C)C2. The van der Waals surface area contributed by atoms with Gasteiger partial charge in [-0.1, -0.05) is 91.5 Å². The minimum Gasteiger partial charge on any atom is -0.0710 e. The Labute approximate surface area is 171 Å². The topological polar surface area (TPSA) is 0 Å². The van der Waals surface area contributed by atoms with Crippen molar-refractivity contribution >= 4 is 0 Å². The summed E-state index contributed by atoms with van der Waals surface area (Å²) in [4.78, 5) is 0. The Morgan fingerprint density at radius 1 is 0.667 bits per heavy atom. The summed E-state index contributed by atoms with van der Waals surface area (Å²) in [5.41, 5.74) is 4.42. The van der Waals surface area contributed by atoms with Gasteiger partial charge in [-0.05, 0) is 74.0 Å². The molecule has 2 aliphatic carbocycles. The monoisotopic (exact) mass is 372 g/mol. The van der Waals surface area contributed by atoms with Crippen molar-refractivity contribution in [2.75, 3.05) is 0 Å². The standard InChI is InChI=1S/C27H48/c1-20(2)9-13-26(14-10-21(3)4)18-24-17-25(26)27(19-24,15-11-22(5)6)16-12-23(7)8/h17-18,20-23H,9-16,19H2,1-8H3. The summed E-state index contributed by atoms with van der Waals surface area (Å²) in [6.45, 7) is 19.2. The van der Waals surface area contributed by atoms with E-state index in [4.69, 9.17) is 0 Å². The van der Waals surface area contributed by atoms with Gasteiger partial charge in [0.25, 0.3) is 0 Å². The van der Waals surface area contributed by atoms with Crippen LogP contribution < -0.4 is 0 Å². The van der Waals surface area contributed by atoms with E-state index in [1.807, 2.05) is 5.57 Å². The molecule has 0 heteroatoms. The quantitative estimate of drug-likeness (QED) is 0.320. The highest BCUT2D eigenvalue weighted by Crippen LogP contribution is 2.63. The van der Waals surface area contributed by atoms with Crippen LogP contribution >= 0.6 is 0 Å². The normalized spacial score (nSPS) is 20.3. The molecule has 0 radical (unpaired) electrons. The van der Waals surface area contributed by atoms with Crippen molar-refractivity contribution in [2.45, 2.75) is 113 Å². The molecule has 0 heterocycles. The smallest absolute Gasteiger partial charge is 0.0106 e. The average molecular weight is 373 g/mol. The van der Waals surface area contributed by atoms with Gasteiger partial charge in [-0.15, -0.1) is 0 Å². The van der Waals surface area contributed by atoms with E-state index in [9.17, 15) is 0 Å². The molecule has 0 spiro atoms. The van der Waals surface area contributed by atoms with Crippen LogP contribution in [0.5, 0.6) is 0 Å². The highest BCUT2D eigenvalue weighted by atomic mass is 14.6. The fourth-order valence-electron chi connectivity index (χ4n) is 5.40. The highest BCUT2D eigenvalue weighted by molar-refractivity contribution is 5.51. The minimum absolute atomic E-state index is 0.385. The van der Waals surface area contributed by atoms with E-state index < -0.39 is 0 Å². The maximum Gasteiger partial charge on any atom is 0.0106 e. The molecule has 0 N–H and O–H groups in total. The van der Waals surface area contributed by atoms with Crippen molar-refractivity contribution in [2.24, 2.45) is 34.5 Å². The van der Waals surface area contributed by atoms with E-state index in [2.05, 4.69) is 67.5 Å². The molecular weight excluding hydrogens is 324 g/mol. The molecule has 0 fully saturated rings. The van der Waals surface area contributed by atoms with Crippen molar-refractivity contribution in [3.05, 3.63) is 23.3 Å². The Morgan fingerprint density at radius 2 is 1.07 bits per heavy atom. The van der Waals surface area contributed by atoms with E-state index in [0.717, 1.165) is 23.7 Å². The maximum absolute atomic E-state index is 2.73. The third-order valence-corrected chi connectivity index (χ3v) is 7.18. The van der Waals surface area contributed by atoms with E-state index in [1.54, 1.807) is 5.57 Å². The van der Waals surface area contributed by atoms with Crippen LogP contribution in [0.25, 0.3) is 0 Å². The van der Waals surface area contributed by atoms with E-state index in [-0.39, 0.29) is 0 Å². The molecule has 27 heavy (non-hydrogen) atoms. The average Bonchev–Trinajstić information content (AvgIpc) is 3.11. The fourth-order valence-corrected chi connectivity index (χ4v) is 5.40. The third kappa shape index (κ3) is 5.74. The zero-order valence-electron chi connectivity index (χ0n) is 19.8. The molecule has 0 saturated heterocycles. The Kier molecular flexibility index (Phi) is 7.86. The van der Waals surface area contributed by atoms with Gasteiger partial charge in [0.05, 0.1) is 0 Å². The molecule has 0 atom stereocenters. The van der Waals surface area contributed by atoms with Gasteiger partial charge in [-0.3, -0.25) is 0 Å². The van der Waals surface area contributed by atoms with Crippen LogP contribution in [-0.2, 0) is 0 Å². The first-order chi connectivity index (χ1) is 12.6. The zero-order valence-corrected chi connectivity index (χ0v) is 19.8. The van der Waals surface area contributed by atoms with Crippen molar-refractivity contribution in [3.8, 4) is 0 Å². The number of hydrogen-bond donors (Lipinski definition) is 0. The Balaban J connectivity index is 2.31. The predicted molar refractivity (Wildman–Crippen MR) is 122 cm³/mol. The van der Waals surface area contributed by atoms with E-state index in [1.165, 1.54) is 57.8 Å². The van der Waals surface area contributed by atoms with Crippen molar-refractivity contribution < 1.29 is 0 Å². The molecule has 0 unspecified atom stereocenters. The Hall–Kier alpha value is -0.520. The molecule has 2 rings (SSSR count). The molecule has 0 saturated carbocycles. The number of fused-ring (bicyclic) bond motifs is 1. The summed E-state index contributed by atoms with van der Waals surface area (Å²) in [6, 6.07) is 0. The number of hydrogen-bond acceptors (Lipinski definition) is 0. The first-order valence-corrected chi connectivity index (χ1v) is 12.0. The van der Waals surface area contributed by atoms with Crippen LogP contribution in [0.1, 0.15) is 113 Å². The Bertz CT molecular complexity index is 502.